The van der Waals surface area contributed by atoms with Crippen LogP contribution in [0.2, 0.25) is 0 Å². The molecule has 0 spiro atoms. The average molecular weight is 473 g/mol. The summed E-state index contributed by atoms with van der Waals surface area (Å²) in [6.07, 6.45) is 1.51. The van der Waals surface area contributed by atoms with Crippen LogP contribution in [0.5, 0.6) is 0 Å². The van der Waals surface area contributed by atoms with Crippen LogP contribution in [-0.4, -0.2) is 40.4 Å². The fourth-order valence-electron chi connectivity index (χ4n) is 3.93. The Labute approximate surface area is 199 Å². The van der Waals surface area contributed by atoms with E-state index in [2.05, 4.69) is 5.18 Å². The highest BCUT2D eigenvalue weighted by Gasteiger charge is 2.23. The summed E-state index contributed by atoms with van der Waals surface area (Å²) < 4.78 is 19.2. The van der Waals surface area contributed by atoms with E-state index in [4.69, 9.17) is 14.8 Å². The molecule has 184 valence electrons. The molecule has 1 unspecified atom stereocenters. The molecule has 0 fully saturated rings. The number of methoxy groups -OCH3 is 1. The van der Waals surface area contributed by atoms with Crippen LogP contribution in [0.3, 0.4) is 0 Å². The normalized spacial score (nSPS) is 13.6. The topological polar surface area (TPSA) is 109 Å². The quantitative estimate of drug-likeness (QED) is 0.386. The van der Waals surface area contributed by atoms with E-state index in [1.165, 1.54) is 12.1 Å². The Balaban J connectivity index is 2.73. The number of carbonyl (C=O) groups is 1. The molecule has 1 aromatic heterocycles. The molecule has 0 bridgehead atoms. The molecule has 0 aliphatic heterocycles. The Morgan fingerprint density at radius 2 is 1.76 bits per heavy atom. The van der Waals surface area contributed by atoms with Gasteiger partial charge in [-0.3, -0.25) is 9.78 Å². The zero-order valence-corrected chi connectivity index (χ0v) is 20.3. The Bertz CT molecular complexity index is 1020. The molecular weight excluding hydrogens is 439 g/mol. The molecule has 2 aromatic rings. The monoisotopic (exact) mass is 472 g/mol. The smallest absolute Gasteiger partial charge is 0.305 e. The Hall–Kier alpha value is -2.97. The van der Waals surface area contributed by atoms with Gasteiger partial charge in [-0.15, -0.1) is 0 Å². The molecule has 1 heterocycles. The first-order valence-corrected chi connectivity index (χ1v) is 11.3. The van der Waals surface area contributed by atoms with Crippen molar-refractivity contribution >= 4 is 12.0 Å². The highest BCUT2D eigenvalue weighted by molar-refractivity contribution is 5.80. The van der Waals surface area contributed by atoms with Crippen molar-refractivity contribution in [2.75, 3.05) is 7.11 Å². The van der Waals surface area contributed by atoms with E-state index in [-0.39, 0.29) is 24.1 Å². The lowest BCUT2D eigenvalue weighted by Crippen LogP contribution is -2.18. The van der Waals surface area contributed by atoms with Crippen molar-refractivity contribution in [1.82, 2.24) is 4.98 Å². The number of carboxylic acid groups (broad SMARTS) is 1. The number of aromatic nitrogens is 1. The standard InChI is InChI=1S/C26H33FN2O5/c1-15(2)25-21(11-10-19(29-33)12-20(30)13-23(31)32)24(17-6-8-18(27)9-7-17)22(14-34-5)26(28-25)16(3)4/h6-11,15-16,19-20,30H,12-14H2,1-5H3,(H,31,32)/b11-10+/t19?,20-/m1/s1. The number of nitrogens with zero attached hydrogens (tertiary/aromatic N) is 2. The number of ether oxygens (including phenoxy) is 1. The van der Waals surface area contributed by atoms with Crippen LogP contribution in [0.25, 0.3) is 17.2 Å². The minimum Gasteiger partial charge on any atom is -0.481 e. The van der Waals surface area contributed by atoms with Gasteiger partial charge in [-0.1, -0.05) is 57.2 Å². The van der Waals surface area contributed by atoms with Crippen molar-refractivity contribution in [3.63, 3.8) is 0 Å². The van der Waals surface area contributed by atoms with Crippen molar-refractivity contribution in [2.45, 2.75) is 71.1 Å². The molecule has 1 aromatic carbocycles. The first-order valence-electron chi connectivity index (χ1n) is 11.3. The van der Waals surface area contributed by atoms with Gasteiger partial charge in [-0.2, -0.15) is 4.91 Å². The number of hydrogen-bond acceptors (Lipinski definition) is 6. The van der Waals surface area contributed by atoms with Crippen LogP contribution in [0.1, 0.15) is 74.9 Å². The fraction of sp³-hybridized carbons (Fsp3) is 0.462. The second-order valence-corrected chi connectivity index (χ2v) is 8.92. The number of benzene rings is 1. The molecule has 8 heteroatoms. The lowest BCUT2D eigenvalue weighted by molar-refractivity contribution is -0.139. The van der Waals surface area contributed by atoms with Gasteiger partial charge in [-0.25, -0.2) is 4.39 Å². The van der Waals surface area contributed by atoms with Gasteiger partial charge in [0.05, 0.1) is 24.8 Å². The molecule has 34 heavy (non-hydrogen) atoms. The summed E-state index contributed by atoms with van der Waals surface area (Å²) in [6.45, 7) is 8.41. The van der Waals surface area contributed by atoms with E-state index >= 15 is 0 Å². The largest absolute Gasteiger partial charge is 0.481 e. The third kappa shape index (κ3) is 7.01. The van der Waals surface area contributed by atoms with E-state index in [1.54, 1.807) is 31.4 Å². The minimum atomic E-state index is -1.20. The second kappa shape index (κ2) is 12.5. The SMILES string of the molecule is COCc1c(C(C)C)nc(C(C)C)c(/C=C/C(C[C@@H](O)CC(=O)O)N=O)c1-c1ccc(F)cc1. The Kier molecular flexibility index (Phi) is 10.0. The average Bonchev–Trinajstić information content (AvgIpc) is 2.76. The van der Waals surface area contributed by atoms with Crippen LogP contribution in [-0.2, 0) is 16.1 Å². The summed E-state index contributed by atoms with van der Waals surface area (Å²) >= 11 is 0. The molecule has 0 amide bonds. The lowest BCUT2D eigenvalue weighted by Gasteiger charge is -2.23. The molecule has 0 aliphatic carbocycles. The summed E-state index contributed by atoms with van der Waals surface area (Å²) in [7, 11) is 1.60. The maximum absolute atomic E-state index is 13.7. The number of rotatable bonds is 12. The van der Waals surface area contributed by atoms with Crippen LogP contribution >= 0.6 is 0 Å². The lowest BCUT2D eigenvalue weighted by atomic mass is 9.87. The summed E-state index contributed by atoms with van der Waals surface area (Å²) in [6, 6.07) is 5.25. The van der Waals surface area contributed by atoms with Crippen molar-refractivity contribution in [3.05, 3.63) is 63.6 Å². The van der Waals surface area contributed by atoms with Crippen molar-refractivity contribution in [3.8, 4) is 11.1 Å². The van der Waals surface area contributed by atoms with E-state index in [0.717, 1.165) is 33.6 Å². The van der Waals surface area contributed by atoms with Crippen LogP contribution in [0.4, 0.5) is 4.39 Å². The predicted molar refractivity (Wildman–Crippen MR) is 130 cm³/mol. The van der Waals surface area contributed by atoms with E-state index in [9.17, 15) is 19.2 Å². The number of carboxylic acids is 1. The molecule has 2 atom stereocenters. The molecule has 7 nitrogen and oxygen atoms in total. The van der Waals surface area contributed by atoms with Crippen molar-refractivity contribution in [1.29, 1.82) is 0 Å². The predicted octanol–water partition coefficient (Wildman–Crippen LogP) is 5.65. The zero-order chi connectivity index (χ0) is 25.4. The molecule has 2 N–H and O–H groups in total. The second-order valence-electron chi connectivity index (χ2n) is 8.92. The van der Waals surface area contributed by atoms with Gasteiger partial charge in [0.2, 0.25) is 0 Å². The maximum atomic E-state index is 13.7. The van der Waals surface area contributed by atoms with Gasteiger partial charge >= 0.3 is 5.97 Å². The molecule has 0 aliphatic rings. The number of halogens is 1. The molecule has 0 saturated carbocycles. The van der Waals surface area contributed by atoms with Crippen LogP contribution < -0.4 is 0 Å². The first kappa shape index (κ1) is 27.3. The summed E-state index contributed by atoms with van der Waals surface area (Å²) in [5, 5.41) is 21.9. The number of aliphatic hydroxyl groups is 1. The van der Waals surface area contributed by atoms with Gasteiger partial charge in [0, 0.05) is 30.4 Å². The van der Waals surface area contributed by atoms with Crippen LogP contribution in [0.15, 0.2) is 35.5 Å². The fourth-order valence-corrected chi connectivity index (χ4v) is 3.93. The summed E-state index contributed by atoms with van der Waals surface area (Å²) in [5.74, 6) is -1.36. The van der Waals surface area contributed by atoms with Gasteiger partial charge in [0.15, 0.2) is 0 Å². The summed E-state index contributed by atoms with van der Waals surface area (Å²) in [5.41, 5.74) is 4.91. The van der Waals surface area contributed by atoms with Gasteiger partial charge < -0.3 is 14.9 Å². The number of aliphatic hydroxyl groups excluding tert-OH is 1. The highest BCUT2D eigenvalue weighted by atomic mass is 19.1. The van der Waals surface area contributed by atoms with Crippen molar-refractivity contribution < 1.29 is 24.1 Å². The van der Waals surface area contributed by atoms with Crippen LogP contribution in [0, 0.1) is 10.7 Å². The molecule has 0 radical (unpaired) electrons. The molecule has 0 saturated heterocycles. The summed E-state index contributed by atoms with van der Waals surface area (Å²) in [4.78, 5) is 27.2. The Morgan fingerprint density at radius 3 is 2.26 bits per heavy atom. The third-order valence-electron chi connectivity index (χ3n) is 5.46. The highest BCUT2D eigenvalue weighted by Crippen LogP contribution is 2.38. The number of pyridine rings is 1. The molecule has 2 rings (SSSR count). The van der Waals surface area contributed by atoms with E-state index in [0.29, 0.717) is 6.61 Å². The van der Waals surface area contributed by atoms with Gasteiger partial charge in [-0.05, 0) is 35.1 Å². The van der Waals surface area contributed by atoms with Crippen molar-refractivity contribution in [2.24, 2.45) is 5.18 Å². The van der Waals surface area contributed by atoms with Gasteiger partial charge in [0.25, 0.3) is 0 Å². The van der Waals surface area contributed by atoms with Gasteiger partial charge in [0.1, 0.15) is 11.9 Å². The maximum Gasteiger partial charge on any atom is 0.305 e. The first-order chi connectivity index (χ1) is 16.1. The van der Waals surface area contributed by atoms with E-state index < -0.39 is 24.5 Å². The van der Waals surface area contributed by atoms with E-state index in [1.807, 2.05) is 27.7 Å². The number of hydrogen-bond donors (Lipinski definition) is 2. The third-order valence-corrected chi connectivity index (χ3v) is 5.46. The minimum absolute atomic E-state index is 0.0354. The molecular formula is C26H33FN2O5. The Morgan fingerprint density at radius 1 is 1.15 bits per heavy atom. The zero-order valence-electron chi connectivity index (χ0n) is 20.3. The number of nitroso groups, excluding NO2 is 1. The number of aliphatic carboxylic acids is 1.